The zero-order valence-corrected chi connectivity index (χ0v) is 11.5. The molecule has 2 aromatic carbocycles. The first kappa shape index (κ1) is 13.6. The van der Waals surface area contributed by atoms with Gasteiger partial charge in [0.2, 0.25) is 0 Å². The number of ether oxygens (including phenoxy) is 2. The Kier molecular flexibility index (Phi) is 4.98. The van der Waals surface area contributed by atoms with Crippen molar-refractivity contribution in [2.75, 3.05) is 19.5 Å². The quantitative estimate of drug-likeness (QED) is 0.646. The molecule has 0 fully saturated rings. The van der Waals surface area contributed by atoms with E-state index in [1.165, 1.54) is 4.90 Å². The van der Waals surface area contributed by atoms with E-state index in [9.17, 15) is 5.11 Å². The Morgan fingerprint density at radius 2 is 1.84 bits per heavy atom. The molecule has 0 saturated heterocycles. The van der Waals surface area contributed by atoms with Gasteiger partial charge in [-0.15, -0.1) is 11.8 Å². The molecule has 19 heavy (non-hydrogen) atoms. The van der Waals surface area contributed by atoms with Crippen LogP contribution in [0.5, 0.6) is 17.2 Å². The Balaban J connectivity index is 1.74. The van der Waals surface area contributed by atoms with Crippen LogP contribution in [0.4, 0.5) is 0 Å². The van der Waals surface area contributed by atoms with Crippen LogP contribution in [0.3, 0.4) is 0 Å². The lowest BCUT2D eigenvalue weighted by molar-refractivity contribution is 0.341. The highest BCUT2D eigenvalue weighted by Gasteiger charge is 1.98. The second-order valence-electron chi connectivity index (χ2n) is 3.87. The summed E-state index contributed by atoms with van der Waals surface area (Å²) in [5.41, 5.74) is 0. The Labute approximate surface area is 117 Å². The van der Waals surface area contributed by atoms with Crippen molar-refractivity contribution in [1.82, 2.24) is 0 Å². The molecular weight excluding hydrogens is 260 g/mol. The van der Waals surface area contributed by atoms with Crippen molar-refractivity contribution in [3.8, 4) is 17.2 Å². The van der Waals surface area contributed by atoms with E-state index >= 15 is 0 Å². The van der Waals surface area contributed by atoms with Gasteiger partial charge in [-0.2, -0.15) is 0 Å². The molecule has 3 nitrogen and oxygen atoms in total. The molecule has 2 rings (SSSR count). The summed E-state index contributed by atoms with van der Waals surface area (Å²) in [4.78, 5) is 1.18. The maximum Gasteiger partial charge on any atom is 0.123 e. The van der Waals surface area contributed by atoms with E-state index in [1.54, 1.807) is 37.1 Å². The molecule has 0 aliphatic rings. The van der Waals surface area contributed by atoms with Crippen molar-refractivity contribution in [3.05, 3.63) is 48.5 Å². The van der Waals surface area contributed by atoms with Crippen molar-refractivity contribution < 1.29 is 14.6 Å². The monoisotopic (exact) mass is 276 g/mol. The molecule has 2 aromatic rings. The average molecular weight is 276 g/mol. The van der Waals surface area contributed by atoms with Crippen molar-refractivity contribution in [2.45, 2.75) is 4.90 Å². The third-order valence-corrected chi connectivity index (χ3v) is 3.47. The van der Waals surface area contributed by atoms with Crippen molar-refractivity contribution in [2.24, 2.45) is 0 Å². The van der Waals surface area contributed by atoms with Crippen LogP contribution in [-0.2, 0) is 0 Å². The van der Waals surface area contributed by atoms with Crippen molar-refractivity contribution in [1.29, 1.82) is 0 Å². The maximum absolute atomic E-state index is 9.30. The standard InChI is InChI=1S/C15H16O3S/c1-17-13-5-7-15(8-6-13)19-10-9-18-14-4-2-3-12(16)11-14/h2-8,11,16H,9-10H2,1H3. The molecule has 0 unspecified atom stereocenters. The first-order valence-corrected chi connectivity index (χ1v) is 6.95. The summed E-state index contributed by atoms with van der Waals surface area (Å²) in [6, 6.07) is 14.8. The molecular formula is C15H16O3S. The summed E-state index contributed by atoms with van der Waals surface area (Å²) in [6.45, 7) is 0.597. The minimum absolute atomic E-state index is 0.223. The molecule has 0 radical (unpaired) electrons. The number of phenols is 1. The lowest BCUT2D eigenvalue weighted by Crippen LogP contribution is -1.99. The van der Waals surface area contributed by atoms with Crippen LogP contribution < -0.4 is 9.47 Å². The highest BCUT2D eigenvalue weighted by molar-refractivity contribution is 7.99. The van der Waals surface area contributed by atoms with Gasteiger partial charge in [0.1, 0.15) is 17.2 Å². The van der Waals surface area contributed by atoms with Gasteiger partial charge in [-0.1, -0.05) is 6.07 Å². The van der Waals surface area contributed by atoms with Crippen LogP contribution in [-0.4, -0.2) is 24.6 Å². The maximum atomic E-state index is 9.30. The number of thioether (sulfide) groups is 1. The van der Waals surface area contributed by atoms with Gasteiger partial charge >= 0.3 is 0 Å². The SMILES string of the molecule is COc1ccc(SCCOc2cccc(O)c2)cc1. The van der Waals surface area contributed by atoms with Crippen LogP contribution in [0.25, 0.3) is 0 Å². The molecule has 1 N–H and O–H groups in total. The predicted molar refractivity (Wildman–Crippen MR) is 77.3 cm³/mol. The number of hydrogen-bond acceptors (Lipinski definition) is 4. The first-order valence-electron chi connectivity index (χ1n) is 5.96. The Hall–Kier alpha value is -1.81. The van der Waals surface area contributed by atoms with E-state index in [2.05, 4.69) is 0 Å². The molecule has 0 aliphatic heterocycles. The van der Waals surface area contributed by atoms with E-state index in [0.29, 0.717) is 12.4 Å². The summed E-state index contributed by atoms with van der Waals surface area (Å²) in [5.74, 6) is 2.62. The Bertz CT molecular complexity index is 511. The second-order valence-corrected chi connectivity index (χ2v) is 5.04. The number of aromatic hydroxyl groups is 1. The summed E-state index contributed by atoms with van der Waals surface area (Å²) in [6.07, 6.45) is 0. The van der Waals surface area contributed by atoms with E-state index in [4.69, 9.17) is 9.47 Å². The van der Waals surface area contributed by atoms with Crippen LogP contribution in [0, 0.1) is 0 Å². The average Bonchev–Trinajstić information content (AvgIpc) is 2.44. The van der Waals surface area contributed by atoms with Gasteiger partial charge in [0.05, 0.1) is 13.7 Å². The van der Waals surface area contributed by atoms with Gasteiger partial charge in [-0.3, -0.25) is 0 Å². The largest absolute Gasteiger partial charge is 0.508 e. The van der Waals surface area contributed by atoms with Gasteiger partial charge in [-0.25, -0.2) is 0 Å². The molecule has 0 heterocycles. The molecule has 4 heteroatoms. The summed E-state index contributed by atoms with van der Waals surface area (Å²) < 4.78 is 10.7. The summed E-state index contributed by atoms with van der Waals surface area (Å²) in [7, 11) is 1.66. The number of benzene rings is 2. The van der Waals surface area contributed by atoms with Gasteiger partial charge in [-0.05, 0) is 36.4 Å². The molecule has 0 aliphatic carbocycles. The fraction of sp³-hybridized carbons (Fsp3) is 0.200. The molecule has 0 aromatic heterocycles. The van der Waals surface area contributed by atoms with Gasteiger partial charge in [0.25, 0.3) is 0 Å². The van der Waals surface area contributed by atoms with Gasteiger partial charge < -0.3 is 14.6 Å². The van der Waals surface area contributed by atoms with Crippen molar-refractivity contribution in [3.63, 3.8) is 0 Å². The number of phenolic OH excluding ortho intramolecular Hbond substituents is 1. The van der Waals surface area contributed by atoms with Crippen LogP contribution in [0.1, 0.15) is 0 Å². The zero-order valence-electron chi connectivity index (χ0n) is 10.7. The fourth-order valence-electron chi connectivity index (χ4n) is 1.56. The van der Waals surface area contributed by atoms with Gasteiger partial charge in [0.15, 0.2) is 0 Å². The van der Waals surface area contributed by atoms with E-state index in [1.807, 2.05) is 30.3 Å². The Morgan fingerprint density at radius 1 is 1.05 bits per heavy atom. The molecule has 0 atom stereocenters. The van der Waals surface area contributed by atoms with E-state index in [-0.39, 0.29) is 5.75 Å². The third-order valence-electron chi connectivity index (χ3n) is 2.50. The van der Waals surface area contributed by atoms with Crippen molar-refractivity contribution >= 4 is 11.8 Å². The molecule has 0 spiro atoms. The topological polar surface area (TPSA) is 38.7 Å². The van der Waals surface area contributed by atoms with Crippen LogP contribution >= 0.6 is 11.8 Å². The molecule has 100 valence electrons. The lowest BCUT2D eigenvalue weighted by Gasteiger charge is -2.06. The molecule has 0 amide bonds. The van der Waals surface area contributed by atoms with Crippen LogP contribution in [0.15, 0.2) is 53.4 Å². The number of rotatable bonds is 6. The predicted octanol–water partition coefficient (Wildman–Crippen LogP) is 3.57. The highest BCUT2D eigenvalue weighted by atomic mass is 32.2. The highest BCUT2D eigenvalue weighted by Crippen LogP contribution is 2.22. The first-order chi connectivity index (χ1) is 9.28. The van der Waals surface area contributed by atoms with Crippen LogP contribution in [0.2, 0.25) is 0 Å². The molecule has 0 bridgehead atoms. The zero-order chi connectivity index (χ0) is 13.5. The smallest absolute Gasteiger partial charge is 0.123 e. The second kappa shape index (κ2) is 6.95. The van der Waals surface area contributed by atoms with Gasteiger partial charge in [0, 0.05) is 16.7 Å². The minimum Gasteiger partial charge on any atom is -0.508 e. The Morgan fingerprint density at radius 3 is 2.53 bits per heavy atom. The normalized spacial score (nSPS) is 10.2. The van der Waals surface area contributed by atoms with E-state index in [0.717, 1.165) is 11.5 Å². The van der Waals surface area contributed by atoms with E-state index < -0.39 is 0 Å². The third kappa shape index (κ3) is 4.41. The lowest BCUT2D eigenvalue weighted by atomic mass is 10.3. The summed E-state index contributed by atoms with van der Waals surface area (Å²) in [5, 5.41) is 9.30. The minimum atomic E-state index is 0.223. The number of hydrogen-bond donors (Lipinski definition) is 1. The number of methoxy groups -OCH3 is 1. The molecule has 0 saturated carbocycles. The summed E-state index contributed by atoms with van der Waals surface area (Å²) >= 11 is 1.72. The fourth-order valence-corrected chi connectivity index (χ4v) is 2.30.